The van der Waals surface area contributed by atoms with Crippen LogP contribution in [0.1, 0.15) is 17.8 Å². The van der Waals surface area contributed by atoms with E-state index in [-0.39, 0.29) is 0 Å². The monoisotopic (exact) mass is 228 g/mol. The maximum absolute atomic E-state index is 5.61. The quantitative estimate of drug-likeness (QED) is 0.632. The fourth-order valence-corrected chi connectivity index (χ4v) is 1.54. The molecule has 0 fully saturated rings. The Morgan fingerprint density at radius 1 is 1.25 bits per heavy atom. The zero-order valence-corrected chi connectivity index (χ0v) is 9.98. The highest BCUT2D eigenvalue weighted by Crippen LogP contribution is 2.07. The number of ether oxygens (including phenoxy) is 2. The number of nitrogens with two attached hydrogens (primary N) is 1. The van der Waals surface area contributed by atoms with Crippen LogP contribution in [0.25, 0.3) is 0 Å². The smallest absolute Gasteiger partial charge is 0.0995 e. The summed E-state index contributed by atoms with van der Waals surface area (Å²) < 4.78 is 12.0. The van der Waals surface area contributed by atoms with Gasteiger partial charge in [0.1, 0.15) is 0 Å². The van der Waals surface area contributed by atoms with Crippen molar-refractivity contribution in [3.63, 3.8) is 0 Å². The topological polar surface area (TPSA) is 75.2 Å². The van der Waals surface area contributed by atoms with Crippen molar-refractivity contribution >= 4 is 0 Å². The molecule has 1 aromatic heterocycles. The fraction of sp³-hybridized carbons (Fsp3) is 0.800. The number of aryl methyl sites for hydroxylation is 1. The summed E-state index contributed by atoms with van der Waals surface area (Å²) in [6, 6.07) is 0. The average Bonchev–Trinajstić information content (AvgIpc) is 2.69. The maximum Gasteiger partial charge on any atom is 0.0995 e. The Labute approximate surface area is 95.7 Å². The van der Waals surface area contributed by atoms with Gasteiger partial charge in [-0.2, -0.15) is 0 Å². The normalized spacial score (nSPS) is 10.9. The molecular weight excluding hydrogens is 208 g/mol. The predicted molar refractivity (Wildman–Crippen MR) is 60.0 cm³/mol. The van der Waals surface area contributed by atoms with Crippen molar-refractivity contribution in [2.75, 3.05) is 27.4 Å². The van der Waals surface area contributed by atoms with Crippen LogP contribution in [0.4, 0.5) is 0 Å². The van der Waals surface area contributed by atoms with E-state index in [0.29, 0.717) is 13.2 Å². The molecule has 1 aromatic rings. The Bertz CT molecular complexity index is 301. The van der Waals surface area contributed by atoms with Crippen molar-refractivity contribution in [3.05, 3.63) is 11.4 Å². The van der Waals surface area contributed by atoms with E-state index >= 15 is 0 Å². The third-order valence-corrected chi connectivity index (χ3v) is 2.37. The van der Waals surface area contributed by atoms with Crippen LogP contribution in [0.15, 0.2) is 0 Å². The number of aromatic nitrogens is 3. The number of rotatable bonds is 8. The van der Waals surface area contributed by atoms with E-state index in [0.717, 1.165) is 37.4 Å². The van der Waals surface area contributed by atoms with E-state index in [1.54, 1.807) is 14.2 Å². The van der Waals surface area contributed by atoms with Gasteiger partial charge in [0.15, 0.2) is 0 Å². The van der Waals surface area contributed by atoms with Crippen LogP contribution in [0.5, 0.6) is 0 Å². The number of nitrogens with zero attached hydrogens (tertiary/aromatic N) is 3. The lowest BCUT2D eigenvalue weighted by Gasteiger charge is -2.06. The highest BCUT2D eigenvalue weighted by molar-refractivity contribution is 5.10. The Morgan fingerprint density at radius 3 is 2.62 bits per heavy atom. The van der Waals surface area contributed by atoms with Gasteiger partial charge < -0.3 is 15.2 Å². The third-order valence-electron chi connectivity index (χ3n) is 2.37. The zero-order valence-electron chi connectivity index (χ0n) is 9.98. The molecule has 0 spiro atoms. The minimum absolute atomic E-state index is 0.420. The van der Waals surface area contributed by atoms with E-state index < -0.39 is 0 Å². The summed E-state index contributed by atoms with van der Waals surface area (Å²) in [5.74, 6) is 0. The summed E-state index contributed by atoms with van der Waals surface area (Å²) in [4.78, 5) is 0. The summed E-state index contributed by atoms with van der Waals surface area (Å²) in [5.41, 5.74) is 7.54. The maximum atomic E-state index is 5.61. The molecule has 1 heterocycles. The fourth-order valence-electron chi connectivity index (χ4n) is 1.54. The van der Waals surface area contributed by atoms with E-state index in [4.69, 9.17) is 15.2 Å². The van der Waals surface area contributed by atoms with Gasteiger partial charge in [-0.25, -0.2) is 4.68 Å². The van der Waals surface area contributed by atoms with Crippen molar-refractivity contribution < 1.29 is 9.47 Å². The number of methoxy groups -OCH3 is 2. The molecule has 0 saturated heterocycles. The first kappa shape index (κ1) is 13.1. The van der Waals surface area contributed by atoms with Gasteiger partial charge in [-0.3, -0.25) is 0 Å². The molecule has 2 N–H and O–H groups in total. The Morgan fingerprint density at radius 2 is 2.00 bits per heavy atom. The first-order valence-electron chi connectivity index (χ1n) is 5.42. The van der Waals surface area contributed by atoms with Crippen LogP contribution >= 0.6 is 0 Å². The molecule has 92 valence electrons. The molecule has 0 saturated carbocycles. The standard InChI is InChI=1S/C10H20N4O2/c1-15-6-3-5-14-10(4-7-16-2)9(8-11)12-13-14/h3-8,11H2,1-2H3. The Kier molecular flexibility index (Phi) is 5.99. The van der Waals surface area contributed by atoms with Crippen LogP contribution in [0, 0.1) is 0 Å². The lowest BCUT2D eigenvalue weighted by atomic mass is 10.2. The second-order valence-electron chi connectivity index (χ2n) is 3.50. The first-order chi connectivity index (χ1) is 7.83. The van der Waals surface area contributed by atoms with E-state index in [1.807, 2.05) is 4.68 Å². The SMILES string of the molecule is COCCCn1nnc(CN)c1CCOC. The van der Waals surface area contributed by atoms with E-state index in [1.165, 1.54) is 0 Å². The molecule has 0 amide bonds. The van der Waals surface area contributed by atoms with Gasteiger partial charge in [0.05, 0.1) is 18.0 Å². The highest BCUT2D eigenvalue weighted by atomic mass is 16.5. The van der Waals surface area contributed by atoms with Crippen molar-refractivity contribution in [2.24, 2.45) is 5.73 Å². The van der Waals surface area contributed by atoms with Gasteiger partial charge in [0, 0.05) is 40.3 Å². The molecule has 0 radical (unpaired) electrons. The van der Waals surface area contributed by atoms with Gasteiger partial charge in [0.25, 0.3) is 0 Å². The van der Waals surface area contributed by atoms with Gasteiger partial charge in [-0.05, 0) is 6.42 Å². The third kappa shape index (κ3) is 3.55. The summed E-state index contributed by atoms with van der Waals surface area (Å²) in [5, 5.41) is 8.15. The van der Waals surface area contributed by atoms with Gasteiger partial charge in [0.2, 0.25) is 0 Å². The molecule has 16 heavy (non-hydrogen) atoms. The van der Waals surface area contributed by atoms with Gasteiger partial charge in [-0.15, -0.1) is 5.10 Å². The number of hydrogen-bond donors (Lipinski definition) is 1. The summed E-state index contributed by atoms with van der Waals surface area (Å²) >= 11 is 0. The van der Waals surface area contributed by atoms with Gasteiger partial charge >= 0.3 is 0 Å². The minimum Gasteiger partial charge on any atom is -0.385 e. The van der Waals surface area contributed by atoms with Crippen LogP contribution in [-0.4, -0.2) is 42.4 Å². The molecule has 0 atom stereocenters. The molecule has 0 bridgehead atoms. The van der Waals surface area contributed by atoms with E-state index in [2.05, 4.69) is 10.3 Å². The van der Waals surface area contributed by atoms with Crippen LogP contribution < -0.4 is 5.73 Å². The molecule has 6 nitrogen and oxygen atoms in total. The molecule has 0 aliphatic heterocycles. The first-order valence-corrected chi connectivity index (χ1v) is 5.42. The molecule has 0 aromatic carbocycles. The van der Waals surface area contributed by atoms with Crippen LogP contribution in [0.3, 0.4) is 0 Å². The summed E-state index contributed by atoms with van der Waals surface area (Å²) in [7, 11) is 3.37. The molecule has 0 aliphatic rings. The molecule has 6 heteroatoms. The molecule has 1 rings (SSSR count). The van der Waals surface area contributed by atoms with Crippen molar-refractivity contribution in [1.82, 2.24) is 15.0 Å². The van der Waals surface area contributed by atoms with Crippen LogP contribution in [0.2, 0.25) is 0 Å². The van der Waals surface area contributed by atoms with Crippen LogP contribution in [-0.2, 0) is 29.0 Å². The molecule has 0 unspecified atom stereocenters. The Hall–Kier alpha value is -0.980. The van der Waals surface area contributed by atoms with Gasteiger partial charge in [-0.1, -0.05) is 5.21 Å². The summed E-state index contributed by atoms with van der Waals surface area (Å²) in [6.07, 6.45) is 1.72. The Balaban J connectivity index is 2.62. The van der Waals surface area contributed by atoms with Crippen molar-refractivity contribution in [2.45, 2.75) is 25.9 Å². The van der Waals surface area contributed by atoms with Crippen molar-refractivity contribution in [3.8, 4) is 0 Å². The zero-order chi connectivity index (χ0) is 11.8. The van der Waals surface area contributed by atoms with E-state index in [9.17, 15) is 0 Å². The van der Waals surface area contributed by atoms with Crippen molar-refractivity contribution in [1.29, 1.82) is 0 Å². The lowest BCUT2D eigenvalue weighted by molar-refractivity contribution is 0.186. The highest BCUT2D eigenvalue weighted by Gasteiger charge is 2.10. The summed E-state index contributed by atoms with van der Waals surface area (Å²) in [6.45, 7) is 2.61. The lowest BCUT2D eigenvalue weighted by Crippen LogP contribution is -2.11. The largest absolute Gasteiger partial charge is 0.385 e. The molecular formula is C10H20N4O2. The predicted octanol–water partition coefficient (Wildman–Crippen LogP) is -0.0378. The average molecular weight is 228 g/mol. The molecule has 0 aliphatic carbocycles. The minimum atomic E-state index is 0.420. The number of hydrogen-bond acceptors (Lipinski definition) is 5. The second kappa shape index (κ2) is 7.32. The second-order valence-corrected chi connectivity index (χ2v) is 3.50.